The van der Waals surface area contributed by atoms with Crippen LogP contribution in [0, 0.1) is 0 Å². The lowest BCUT2D eigenvalue weighted by molar-refractivity contribution is -0.115. The summed E-state index contributed by atoms with van der Waals surface area (Å²) in [6.45, 7) is 6.49. The largest absolute Gasteiger partial charge is 0.444 e. The third-order valence-corrected chi connectivity index (χ3v) is 3.95. The highest BCUT2D eigenvalue weighted by molar-refractivity contribution is 5.92. The zero-order chi connectivity index (χ0) is 17.9. The highest BCUT2D eigenvalue weighted by atomic mass is 16.3. The lowest BCUT2D eigenvalue weighted by Crippen LogP contribution is -2.15. The van der Waals surface area contributed by atoms with Crippen molar-refractivity contribution >= 4 is 11.6 Å². The highest BCUT2D eigenvalue weighted by Crippen LogP contribution is 2.23. The van der Waals surface area contributed by atoms with Crippen LogP contribution in [0.25, 0.3) is 11.5 Å². The molecule has 0 unspecified atom stereocenters. The third kappa shape index (κ3) is 4.35. The maximum absolute atomic E-state index is 12.2. The van der Waals surface area contributed by atoms with Gasteiger partial charge in [0.2, 0.25) is 11.8 Å². The fourth-order valence-corrected chi connectivity index (χ4v) is 2.52. The van der Waals surface area contributed by atoms with Crippen molar-refractivity contribution in [1.29, 1.82) is 0 Å². The summed E-state index contributed by atoms with van der Waals surface area (Å²) in [6, 6.07) is 17.6. The van der Waals surface area contributed by atoms with Gasteiger partial charge in [-0.15, -0.1) is 0 Å². The van der Waals surface area contributed by atoms with Crippen molar-refractivity contribution in [1.82, 2.24) is 4.98 Å². The van der Waals surface area contributed by atoms with E-state index < -0.39 is 0 Å². The Morgan fingerprint density at radius 1 is 1.04 bits per heavy atom. The number of nitrogens with one attached hydrogen (secondary N) is 1. The third-order valence-electron chi connectivity index (χ3n) is 3.95. The maximum Gasteiger partial charge on any atom is 0.230 e. The van der Waals surface area contributed by atoms with E-state index in [2.05, 4.69) is 31.1 Å². The van der Waals surface area contributed by atoms with E-state index in [9.17, 15) is 4.79 Å². The Morgan fingerprint density at radius 3 is 2.36 bits per heavy atom. The van der Waals surface area contributed by atoms with Gasteiger partial charge in [-0.05, 0) is 35.2 Å². The van der Waals surface area contributed by atoms with Crippen molar-refractivity contribution in [3.05, 3.63) is 72.1 Å². The molecule has 0 radical (unpaired) electrons. The van der Waals surface area contributed by atoms with Gasteiger partial charge in [0.15, 0.2) is 0 Å². The van der Waals surface area contributed by atoms with Gasteiger partial charge in [-0.3, -0.25) is 4.79 Å². The summed E-state index contributed by atoms with van der Waals surface area (Å²) < 4.78 is 5.46. The Balaban J connectivity index is 1.62. The van der Waals surface area contributed by atoms with Crippen LogP contribution in [-0.2, 0) is 16.6 Å². The summed E-state index contributed by atoms with van der Waals surface area (Å²) in [4.78, 5) is 16.6. The molecule has 1 heterocycles. The number of hydrogen-bond donors (Lipinski definition) is 1. The summed E-state index contributed by atoms with van der Waals surface area (Å²) in [7, 11) is 0. The summed E-state index contributed by atoms with van der Waals surface area (Å²) in [5, 5.41) is 2.90. The lowest BCUT2D eigenvalue weighted by atomic mass is 9.87. The normalized spacial score (nSPS) is 11.3. The number of carbonyl (C=O) groups excluding carboxylic acids is 1. The second-order valence-corrected chi connectivity index (χ2v) is 7.06. The first-order valence-corrected chi connectivity index (χ1v) is 8.32. The second-order valence-electron chi connectivity index (χ2n) is 7.06. The van der Waals surface area contributed by atoms with Gasteiger partial charge in [-0.2, -0.15) is 0 Å². The van der Waals surface area contributed by atoms with Crippen molar-refractivity contribution in [2.24, 2.45) is 0 Å². The molecule has 2 aromatic carbocycles. The average molecular weight is 334 g/mol. The zero-order valence-electron chi connectivity index (χ0n) is 14.7. The molecule has 0 aliphatic rings. The van der Waals surface area contributed by atoms with E-state index in [4.69, 9.17) is 4.42 Å². The first-order valence-electron chi connectivity index (χ1n) is 8.32. The summed E-state index contributed by atoms with van der Waals surface area (Å²) in [6.07, 6.45) is 1.71. The number of anilines is 1. The molecule has 25 heavy (non-hydrogen) atoms. The van der Waals surface area contributed by atoms with Crippen LogP contribution in [0.1, 0.15) is 32.0 Å². The average Bonchev–Trinajstić information content (AvgIpc) is 3.03. The number of hydrogen-bond acceptors (Lipinski definition) is 3. The van der Waals surface area contributed by atoms with Gasteiger partial charge in [0.25, 0.3) is 0 Å². The van der Waals surface area contributed by atoms with Gasteiger partial charge >= 0.3 is 0 Å². The van der Waals surface area contributed by atoms with Gasteiger partial charge in [0, 0.05) is 11.3 Å². The molecule has 4 heteroatoms. The molecule has 0 saturated heterocycles. The van der Waals surface area contributed by atoms with Gasteiger partial charge in [-0.25, -0.2) is 4.98 Å². The van der Waals surface area contributed by atoms with E-state index >= 15 is 0 Å². The molecule has 0 fully saturated rings. The Labute approximate surface area is 147 Å². The Bertz CT molecular complexity index is 844. The van der Waals surface area contributed by atoms with Crippen LogP contribution in [0.2, 0.25) is 0 Å². The fourth-order valence-electron chi connectivity index (χ4n) is 2.52. The summed E-state index contributed by atoms with van der Waals surface area (Å²) in [5.41, 5.74) is 3.62. The summed E-state index contributed by atoms with van der Waals surface area (Å²) in [5.74, 6) is 0.411. The predicted molar refractivity (Wildman–Crippen MR) is 99.4 cm³/mol. The van der Waals surface area contributed by atoms with Crippen LogP contribution < -0.4 is 5.32 Å². The van der Waals surface area contributed by atoms with E-state index in [-0.39, 0.29) is 17.7 Å². The van der Waals surface area contributed by atoms with Crippen LogP contribution >= 0.6 is 0 Å². The molecule has 0 bridgehead atoms. The van der Waals surface area contributed by atoms with Gasteiger partial charge in [-0.1, -0.05) is 51.1 Å². The number of nitrogens with zero attached hydrogens (tertiary/aromatic N) is 1. The molecule has 3 rings (SSSR count). The maximum atomic E-state index is 12.2. The van der Waals surface area contributed by atoms with Crippen LogP contribution in [0.4, 0.5) is 5.69 Å². The number of aromatic nitrogens is 1. The Hall–Kier alpha value is -2.88. The smallest absolute Gasteiger partial charge is 0.230 e. The number of rotatable bonds is 4. The molecule has 0 aliphatic carbocycles. The monoisotopic (exact) mass is 334 g/mol. The molecule has 4 nitrogen and oxygen atoms in total. The minimum absolute atomic E-state index is 0.0943. The molecule has 0 aliphatic heterocycles. The van der Waals surface area contributed by atoms with Gasteiger partial charge in [0.05, 0.1) is 12.1 Å². The minimum atomic E-state index is -0.114. The van der Waals surface area contributed by atoms with E-state index in [0.29, 0.717) is 11.6 Å². The van der Waals surface area contributed by atoms with E-state index in [1.165, 1.54) is 11.8 Å². The Morgan fingerprint density at radius 2 is 1.72 bits per heavy atom. The number of benzene rings is 2. The van der Waals surface area contributed by atoms with Gasteiger partial charge in [0.1, 0.15) is 6.26 Å². The van der Waals surface area contributed by atoms with E-state index in [0.717, 1.165) is 11.3 Å². The van der Waals surface area contributed by atoms with E-state index in [1.807, 2.05) is 54.6 Å². The molecule has 1 amide bonds. The van der Waals surface area contributed by atoms with Crippen molar-refractivity contribution in [3.63, 3.8) is 0 Å². The van der Waals surface area contributed by atoms with Crippen LogP contribution in [0.3, 0.4) is 0 Å². The fraction of sp³-hybridized carbons (Fsp3) is 0.238. The molecule has 0 spiro atoms. The molecule has 128 valence electrons. The highest BCUT2D eigenvalue weighted by Gasteiger charge is 2.14. The summed E-state index contributed by atoms with van der Waals surface area (Å²) >= 11 is 0. The minimum Gasteiger partial charge on any atom is -0.444 e. The number of amides is 1. The molecular formula is C21H22N2O2. The topological polar surface area (TPSA) is 55.1 Å². The molecular weight excluding hydrogens is 312 g/mol. The van der Waals surface area contributed by atoms with Gasteiger partial charge < -0.3 is 9.73 Å². The predicted octanol–water partition coefficient (Wildman–Crippen LogP) is 4.82. The van der Waals surface area contributed by atoms with Crippen molar-refractivity contribution in [3.8, 4) is 11.5 Å². The number of carbonyl (C=O) groups is 1. The van der Waals surface area contributed by atoms with Crippen LogP contribution in [-0.4, -0.2) is 10.9 Å². The Kier molecular flexibility index (Phi) is 4.70. The zero-order valence-corrected chi connectivity index (χ0v) is 14.7. The second kappa shape index (κ2) is 6.93. The SMILES string of the molecule is CC(C)(C)c1ccc(NC(=O)Cc2coc(-c3ccccc3)n2)cc1. The quantitative estimate of drug-likeness (QED) is 0.744. The molecule has 1 N–H and O–H groups in total. The molecule has 0 saturated carbocycles. The molecule has 3 aromatic rings. The first kappa shape index (κ1) is 17.0. The van der Waals surface area contributed by atoms with Crippen molar-refractivity contribution in [2.75, 3.05) is 5.32 Å². The first-order chi connectivity index (χ1) is 11.9. The van der Waals surface area contributed by atoms with Crippen molar-refractivity contribution < 1.29 is 9.21 Å². The standard InChI is InChI=1S/C21H22N2O2/c1-21(2,3)16-9-11-17(12-10-16)22-19(24)13-18-14-25-20(23-18)15-7-5-4-6-8-15/h4-12,14H,13H2,1-3H3,(H,22,24). The molecule has 0 atom stereocenters. The number of oxazole rings is 1. The van der Waals surface area contributed by atoms with Crippen LogP contribution in [0.5, 0.6) is 0 Å². The van der Waals surface area contributed by atoms with Crippen molar-refractivity contribution in [2.45, 2.75) is 32.6 Å². The van der Waals surface area contributed by atoms with Crippen LogP contribution in [0.15, 0.2) is 65.3 Å². The molecule has 1 aromatic heterocycles. The lowest BCUT2D eigenvalue weighted by Gasteiger charge is -2.19. The van der Waals surface area contributed by atoms with E-state index in [1.54, 1.807) is 0 Å².